The number of Topliss-reactive ketones (excluding diaryl/α,β-unsaturated/α-hetero) is 3. The fourth-order valence-corrected chi connectivity index (χ4v) is 0.952. The van der Waals surface area contributed by atoms with E-state index in [2.05, 4.69) is 4.74 Å². The number of carboxylic acids is 2. The van der Waals surface area contributed by atoms with Gasteiger partial charge in [0.2, 0.25) is 5.78 Å². The number of carbonyl (C=O) groups excluding carboxylic acids is 4. The van der Waals surface area contributed by atoms with E-state index in [1.807, 2.05) is 0 Å². The molecule has 0 amide bonds. The number of carboxylic acid groups (broad SMARTS) is 2. The molecule has 0 aliphatic heterocycles. The summed E-state index contributed by atoms with van der Waals surface area (Å²) < 4.78 is 4.57. The van der Waals surface area contributed by atoms with E-state index >= 15 is 0 Å². The van der Waals surface area contributed by atoms with Gasteiger partial charge in [0.15, 0.2) is 11.6 Å². The van der Waals surface area contributed by atoms with Crippen molar-refractivity contribution >= 4 is 35.3 Å². The molecule has 0 saturated heterocycles. The van der Waals surface area contributed by atoms with Crippen LogP contribution in [0.4, 0.5) is 0 Å². The van der Waals surface area contributed by atoms with Gasteiger partial charge in [-0.25, -0.2) is 4.79 Å². The Bertz CT molecular complexity index is 458. The molecule has 0 heterocycles. The first-order valence-electron chi connectivity index (χ1n) is 6.29. The van der Waals surface area contributed by atoms with Crippen molar-refractivity contribution in [2.45, 2.75) is 39.5 Å². The summed E-state index contributed by atoms with van der Waals surface area (Å²) in [5, 5.41) is 16.0. The van der Waals surface area contributed by atoms with Crippen LogP contribution in [-0.2, 0) is 33.5 Å². The van der Waals surface area contributed by atoms with Gasteiger partial charge in [-0.2, -0.15) is 0 Å². The van der Waals surface area contributed by atoms with Crippen LogP contribution in [-0.4, -0.2) is 57.6 Å². The Morgan fingerprint density at radius 2 is 1.29 bits per heavy atom. The van der Waals surface area contributed by atoms with Crippen LogP contribution in [0.3, 0.4) is 0 Å². The van der Waals surface area contributed by atoms with Crippen molar-refractivity contribution in [1.82, 2.24) is 0 Å². The third kappa shape index (κ3) is 21.0. The molecular formula is C13H19KO10. The molecule has 132 valence electrons. The number of esters is 1. The number of hydrogen-bond acceptors (Lipinski definition) is 8. The standard InChI is InChI=1S/C8H12O4.C5H6O5.K.H2O/c1-3-12-8(11)5-4-7(10)6(2)9;6-3(5(9)10)1-2-4(7)8;;/h3-5H2,1-2H3;1-2H2,(H,7,8)(H,9,10);;1H2/q;;+1;/p-1. The van der Waals surface area contributed by atoms with Crippen LogP contribution >= 0.6 is 0 Å². The quantitative estimate of drug-likeness (QED) is 0.237. The maximum Gasteiger partial charge on any atom is 1.00 e. The summed E-state index contributed by atoms with van der Waals surface area (Å²) in [6, 6.07) is 0. The van der Waals surface area contributed by atoms with E-state index in [0.717, 1.165) is 0 Å². The zero-order valence-electron chi connectivity index (χ0n) is 13.7. The van der Waals surface area contributed by atoms with Gasteiger partial charge in [0.25, 0.3) is 0 Å². The second kappa shape index (κ2) is 18.4. The predicted octanol–water partition coefficient (Wildman–Crippen LogP) is -3.18. The van der Waals surface area contributed by atoms with Gasteiger partial charge in [-0.1, -0.05) is 0 Å². The molecular weight excluding hydrogens is 355 g/mol. The van der Waals surface area contributed by atoms with Crippen molar-refractivity contribution in [3.05, 3.63) is 0 Å². The molecule has 24 heavy (non-hydrogen) atoms. The van der Waals surface area contributed by atoms with Crippen molar-refractivity contribution < 1.29 is 101 Å². The molecule has 0 aliphatic carbocycles. The van der Waals surface area contributed by atoms with Crippen LogP contribution in [0.15, 0.2) is 0 Å². The number of ketones is 3. The first-order valence-corrected chi connectivity index (χ1v) is 6.29. The Morgan fingerprint density at radius 3 is 1.62 bits per heavy atom. The molecule has 11 heteroatoms. The molecule has 0 bridgehead atoms. The SMILES string of the molecule is CCOC(=O)CCC(=O)C(C)=O.O=C(O)CCC(=O)C(=O)O.[K+].[OH-]. The second-order valence-electron chi connectivity index (χ2n) is 3.91. The van der Waals surface area contributed by atoms with E-state index in [9.17, 15) is 28.8 Å². The number of aliphatic carboxylic acids is 2. The monoisotopic (exact) mass is 374 g/mol. The molecule has 0 saturated carbocycles. The first-order chi connectivity index (χ1) is 10.1. The molecule has 0 rings (SSSR count). The summed E-state index contributed by atoms with van der Waals surface area (Å²) in [4.78, 5) is 61.5. The van der Waals surface area contributed by atoms with E-state index in [1.54, 1.807) is 6.92 Å². The number of rotatable bonds is 9. The Hall–Kier alpha value is -0.984. The Labute approximate surface area is 180 Å². The normalized spacial score (nSPS) is 8.25. The Balaban J connectivity index is -0.000000156. The van der Waals surface area contributed by atoms with Gasteiger partial charge in [0.1, 0.15) is 0 Å². The summed E-state index contributed by atoms with van der Waals surface area (Å²) in [5.74, 6) is -5.30. The summed E-state index contributed by atoms with van der Waals surface area (Å²) in [7, 11) is 0. The third-order valence-corrected chi connectivity index (χ3v) is 2.06. The summed E-state index contributed by atoms with van der Waals surface area (Å²) in [6.07, 6.45) is -0.920. The van der Waals surface area contributed by atoms with E-state index in [1.165, 1.54) is 6.92 Å². The maximum atomic E-state index is 10.7. The van der Waals surface area contributed by atoms with Crippen molar-refractivity contribution in [2.75, 3.05) is 6.61 Å². The van der Waals surface area contributed by atoms with Gasteiger partial charge in [0.05, 0.1) is 19.4 Å². The fraction of sp³-hybridized carbons (Fsp3) is 0.538. The van der Waals surface area contributed by atoms with Crippen molar-refractivity contribution in [2.24, 2.45) is 0 Å². The molecule has 0 spiro atoms. The van der Waals surface area contributed by atoms with Crippen LogP contribution < -0.4 is 51.4 Å². The van der Waals surface area contributed by atoms with Crippen molar-refractivity contribution in [3.8, 4) is 0 Å². The molecule has 0 aliphatic rings. The van der Waals surface area contributed by atoms with Gasteiger partial charge in [-0.3, -0.25) is 24.0 Å². The smallest absolute Gasteiger partial charge is 0.870 e. The number of ether oxygens (including phenoxy) is 1. The van der Waals surface area contributed by atoms with Crippen LogP contribution in [0.2, 0.25) is 0 Å². The Kier molecular flexibility index (Phi) is 23.6. The zero-order chi connectivity index (χ0) is 17.7. The largest absolute Gasteiger partial charge is 1.00 e. The van der Waals surface area contributed by atoms with E-state index < -0.39 is 48.1 Å². The van der Waals surface area contributed by atoms with E-state index in [0.29, 0.717) is 6.61 Å². The van der Waals surface area contributed by atoms with Crippen molar-refractivity contribution in [3.63, 3.8) is 0 Å². The minimum Gasteiger partial charge on any atom is -0.870 e. The molecule has 0 atom stereocenters. The Morgan fingerprint density at radius 1 is 0.833 bits per heavy atom. The van der Waals surface area contributed by atoms with Gasteiger partial charge in [-0.15, -0.1) is 0 Å². The fourth-order valence-electron chi connectivity index (χ4n) is 0.952. The summed E-state index contributed by atoms with van der Waals surface area (Å²) in [5.41, 5.74) is 0. The first kappa shape index (κ1) is 30.9. The topological polar surface area (TPSA) is 182 Å². The van der Waals surface area contributed by atoms with Crippen LogP contribution in [0.5, 0.6) is 0 Å². The maximum absolute atomic E-state index is 10.7. The molecule has 10 nitrogen and oxygen atoms in total. The van der Waals surface area contributed by atoms with E-state index in [-0.39, 0.29) is 69.7 Å². The molecule has 0 unspecified atom stereocenters. The molecule has 3 N–H and O–H groups in total. The van der Waals surface area contributed by atoms with Crippen LogP contribution in [0.1, 0.15) is 39.5 Å². The van der Waals surface area contributed by atoms with Crippen LogP contribution in [0, 0.1) is 0 Å². The third-order valence-electron chi connectivity index (χ3n) is 2.06. The second-order valence-corrected chi connectivity index (χ2v) is 3.91. The summed E-state index contributed by atoms with van der Waals surface area (Å²) >= 11 is 0. The average Bonchev–Trinajstić information content (AvgIpc) is 2.42. The summed E-state index contributed by atoms with van der Waals surface area (Å²) in [6.45, 7) is 3.17. The molecule has 0 aromatic carbocycles. The van der Waals surface area contributed by atoms with E-state index in [4.69, 9.17) is 10.2 Å². The van der Waals surface area contributed by atoms with Gasteiger partial charge in [-0.05, 0) is 6.92 Å². The van der Waals surface area contributed by atoms with Crippen LogP contribution in [0.25, 0.3) is 0 Å². The average molecular weight is 374 g/mol. The number of hydrogen-bond donors (Lipinski definition) is 2. The zero-order valence-corrected chi connectivity index (χ0v) is 16.9. The minimum absolute atomic E-state index is 0. The number of carbonyl (C=O) groups is 6. The predicted molar refractivity (Wildman–Crippen MR) is 73.0 cm³/mol. The molecule has 0 radical (unpaired) electrons. The minimum atomic E-state index is -1.58. The molecule has 0 aromatic heterocycles. The molecule has 0 fully saturated rings. The van der Waals surface area contributed by atoms with Crippen molar-refractivity contribution in [1.29, 1.82) is 0 Å². The van der Waals surface area contributed by atoms with Gasteiger partial charge >= 0.3 is 69.3 Å². The van der Waals surface area contributed by atoms with Gasteiger partial charge < -0.3 is 20.4 Å². The molecule has 0 aromatic rings. The van der Waals surface area contributed by atoms with Gasteiger partial charge in [0, 0.05) is 19.8 Å².